The lowest BCUT2D eigenvalue weighted by molar-refractivity contribution is -0.131. The second-order valence-electron chi connectivity index (χ2n) is 4.00. The Labute approximate surface area is 99.6 Å². The number of rotatable bonds is 5. The van der Waals surface area contributed by atoms with Gasteiger partial charge in [0.1, 0.15) is 0 Å². The lowest BCUT2D eigenvalue weighted by atomic mass is 9.95. The molecule has 1 aliphatic rings. The first-order chi connectivity index (χ1) is 8.06. The van der Waals surface area contributed by atoms with Gasteiger partial charge in [-0.2, -0.15) is 0 Å². The molecule has 96 valence electrons. The molecular weight excluding hydrogens is 226 g/mol. The van der Waals surface area contributed by atoms with E-state index in [4.69, 9.17) is 14.7 Å². The number of nitrogens with zero attached hydrogens (tertiary/aromatic N) is 1. The quantitative estimate of drug-likeness (QED) is 0.442. The van der Waals surface area contributed by atoms with Crippen LogP contribution in [0.5, 0.6) is 0 Å². The monoisotopic (exact) mass is 243 g/mol. The minimum Gasteiger partial charge on any atom is -0.476 e. The van der Waals surface area contributed by atoms with E-state index in [1.54, 1.807) is 7.11 Å². The molecule has 1 rings (SSSR count). The fourth-order valence-corrected chi connectivity index (χ4v) is 1.83. The van der Waals surface area contributed by atoms with Crippen molar-refractivity contribution in [1.82, 2.24) is 0 Å². The van der Waals surface area contributed by atoms with E-state index in [1.165, 1.54) is 0 Å². The molecule has 6 heteroatoms. The minimum absolute atomic E-state index is 0.0884. The van der Waals surface area contributed by atoms with Gasteiger partial charge in [0, 0.05) is 14.0 Å². The maximum Gasteiger partial charge on any atom is 0.361 e. The SMILES string of the molecule is CO[C@@H]1CCCC[C@H]1O/N=C(/C(C)=O)C(=O)O. The van der Waals surface area contributed by atoms with Crippen molar-refractivity contribution in [2.45, 2.75) is 44.8 Å². The highest BCUT2D eigenvalue weighted by atomic mass is 16.7. The van der Waals surface area contributed by atoms with Gasteiger partial charge in [0.2, 0.25) is 5.71 Å². The fourth-order valence-electron chi connectivity index (χ4n) is 1.83. The Balaban J connectivity index is 2.65. The number of carboxylic acid groups (broad SMARTS) is 1. The second kappa shape index (κ2) is 6.34. The van der Waals surface area contributed by atoms with Crippen LogP contribution in [0.25, 0.3) is 0 Å². The van der Waals surface area contributed by atoms with Gasteiger partial charge in [0.15, 0.2) is 11.9 Å². The van der Waals surface area contributed by atoms with Crippen LogP contribution in [0.4, 0.5) is 0 Å². The highest BCUT2D eigenvalue weighted by Gasteiger charge is 2.27. The summed E-state index contributed by atoms with van der Waals surface area (Å²) >= 11 is 0. The zero-order valence-electron chi connectivity index (χ0n) is 10.0. The maximum atomic E-state index is 11.0. The molecule has 0 aromatic heterocycles. The Morgan fingerprint density at radius 3 is 2.29 bits per heavy atom. The van der Waals surface area contributed by atoms with Gasteiger partial charge in [-0.25, -0.2) is 4.79 Å². The van der Waals surface area contributed by atoms with E-state index in [1.807, 2.05) is 0 Å². The zero-order chi connectivity index (χ0) is 12.8. The molecule has 0 saturated heterocycles. The number of ether oxygens (including phenoxy) is 1. The molecule has 6 nitrogen and oxygen atoms in total. The van der Waals surface area contributed by atoms with E-state index in [2.05, 4.69) is 5.16 Å². The maximum absolute atomic E-state index is 11.0. The summed E-state index contributed by atoms with van der Waals surface area (Å²) in [6.07, 6.45) is 3.30. The van der Waals surface area contributed by atoms with Crippen LogP contribution in [0.3, 0.4) is 0 Å². The summed E-state index contributed by atoms with van der Waals surface area (Å²) in [6.45, 7) is 1.14. The number of Topliss-reactive ketones (excluding diaryl/α,β-unsaturated/α-hetero) is 1. The van der Waals surface area contributed by atoms with E-state index in [-0.39, 0.29) is 12.2 Å². The van der Waals surface area contributed by atoms with E-state index in [0.29, 0.717) is 0 Å². The smallest absolute Gasteiger partial charge is 0.361 e. The number of hydrogen-bond acceptors (Lipinski definition) is 5. The van der Waals surface area contributed by atoms with Gasteiger partial charge in [0.25, 0.3) is 0 Å². The summed E-state index contributed by atoms with van der Waals surface area (Å²) in [4.78, 5) is 26.8. The third-order valence-corrected chi connectivity index (χ3v) is 2.76. The topological polar surface area (TPSA) is 85.2 Å². The molecule has 1 fully saturated rings. The number of carboxylic acids is 1. The van der Waals surface area contributed by atoms with Crippen LogP contribution < -0.4 is 0 Å². The summed E-state index contributed by atoms with van der Waals surface area (Å²) in [5.74, 6) is -2.00. The molecule has 1 aliphatic carbocycles. The van der Waals surface area contributed by atoms with Crippen LogP contribution in [0.15, 0.2) is 5.16 Å². The molecule has 17 heavy (non-hydrogen) atoms. The summed E-state index contributed by atoms with van der Waals surface area (Å²) < 4.78 is 5.23. The van der Waals surface area contributed by atoms with Gasteiger partial charge in [-0.15, -0.1) is 0 Å². The number of hydrogen-bond donors (Lipinski definition) is 1. The normalized spacial score (nSPS) is 25.4. The van der Waals surface area contributed by atoms with Gasteiger partial charge in [-0.05, 0) is 19.3 Å². The standard InChI is InChI=1S/C11H17NO5/c1-7(13)10(11(14)15)12-17-9-6-4-3-5-8(9)16-2/h8-9H,3-6H2,1-2H3,(H,14,15)/b12-10-/t8-,9-/m1/s1. The molecule has 0 aromatic carbocycles. The molecule has 2 atom stereocenters. The van der Waals surface area contributed by atoms with Crippen molar-refractivity contribution in [1.29, 1.82) is 0 Å². The van der Waals surface area contributed by atoms with Crippen LogP contribution in [0.1, 0.15) is 32.6 Å². The predicted molar refractivity (Wildman–Crippen MR) is 59.9 cm³/mol. The predicted octanol–water partition coefficient (Wildman–Crippen LogP) is 0.990. The number of carbonyl (C=O) groups is 2. The first-order valence-electron chi connectivity index (χ1n) is 5.57. The summed E-state index contributed by atoms with van der Waals surface area (Å²) in [5.41, 5.74) is -0.578. The van der Waals surface area contributed by atoms with Crippen LogP contribution >= 0.6 is 0 Å². The number of carbonyl (C=O) groups excluding carboxylic acids is 1. The molecule has 1 N–H and O–H groups in total. The Hall–Kier alpha value is -1.43. The Morgan fingerprint density at radius 2 is 1.82 bits per heavy atom. The molecule has 1 saturated carbocycles. The van der Waals surface area contributed by atoms with Crippen LogP contribution in [-0.2, 0) is 19.2 Å². The van der Waals surface area contributed by atoms with E-state index < -0.39 is 17.5 Å². The number of methoxy groups -OCH3 is 1. The third kappa shape index (κ3) is 3.81. The minimum atomic E-state index is -1.37. The third-order valence-electron chi connectivity index (χ3n) is 2.76. The molecule has 0 aromatic rings. The van der Waals surface area contributed by atoms with E-state index in [0.717, 1.165) is 32.6 Å². The number of ketones is 1. The Morgan fingerprint density at radius 1 is 1.24 bits per heavy atom. The Kier molecular flexibility index (Phi) is 5.09. The molecule has 0 aliphatic heterocycles. The molecule has 0 bridgehead atoms. The van der Waals surface area contributed by atoms with Crippen molar-refractivity contribution in [3.05, 3.63) is 0 Å². The van der Waals surface area contributed by atoms with Crippen molar-refractivity contribution in [2.75, 3.05) is 7.11 Å². The van der Waals surface area contributed by atoms with Crippen molar-refractivity contribution >= 4 is 17.5 Å². The van der Waals surface area contributed by atoms with Gasteiger partial charge >= 0.3 is 5.97 Å². The lowest BCUT2D eigenvalue weighted by Gasteiger charge is -2.28. The highest BCUT2D eigenvalue weighted by Crippen LogP contribution is 2.23. The highest BCUT2D eigenvalue weighted by molar-refractivity contribution is 6.63. The van der Waals surface area contributed by atoms with Crippen molar-refractivity contribution in [3.63, 3.8) is 0 Å². The van der Waals surface area contributed by atoms with E-state index in [9.17, 15) is 9.59 Å². The Bertz CT molecular complexity index is 310. The summed E-state index contributed by atoms with van der Waals surface area (Å²) in [6, 6.07) is 0. The largest absolute Gasteiger partial charge is 0.476 e. The van der Waals surface area contributed by atoms with Crippen LogP contribution in [-0.4, -0.2) is 41.9 Å². The molecule has 0 heterocycles. The van der Waals surface area contributed by atoms with E-state index >= 15 is 0 Å². The average molecular weight is 243 g/mol. The first kappa shape index (κ1) is 13.6. The van der Waals surface area contributed by atoms with Crippen molar-refractivity contribution in [2.24, 2.45) is 5.16 Å². The average Bonchev–Trinajstić information content (AvgIpc) is 2.29. The first-order valence-corrected chi connectivity index (χ1v) is 5.57. The molecular formula is C11H17NO5. The van der Waals surface area contributed by atoms with Gasteiger partial charge < -0.3 is 14.7 Å². The molecule has 0 spiro atoms. The number of aliphatic carboxylic acids is 1. The fraction of sp³-hybridized carbons (Fsp3) is 0.727. The van der Waals surface area contributed by atoms with Gasteiger partial charge in [-0.3, -0.25) is 4.79 Å². The van der Waals surface area contributed by atoms with Crippen LogP contribution in [0, 0.1) is 0 Å². The van der Waals surface area contributed by atoms with Gasteiger partial charge in [0.05, 0.1) is 6.10 Å². The van der Waals surface area contributed by atoms with Gasteiger partial charge in [-0.1, -0.05) is 11.6 Å². The summed E-state index contributed by atoms with van der Waals surface area (Å²) in [7, 11) is 1.58. The van der Waals surface area contributed by atoms with Crippen LogP contribution in [0.2, 0.25) is 0 Å². The molecule has 0 unspecified atom stereocenters. The zero-order valence-corrected chi connectivity index (χ0v) is 10.0. The molecule has 0 amide bonds. The second-order valence-corrected chi connectivity index (χ2v) is 4.00. The number of oxime groups is 1. The van der Waals surface area contributed by atoms with Crippen molar-refractivity contribution in [3.8, 4) is 0 Å². The van der Waals surface area contributed by atoms with Crippen molar-refractivity contribution < 1.29 is 24.3 Å². The lowest BCUT2D eigenvalue weighted by Crippen LogP contribution is -2.33. The molecule has 0 radical (unpaired) electrons. The summed E-state index contributed by atoms with van der Waals surface area (Å²) in [5, 5.41) is 12.2.